The number of aryl methyl sites for hydroxylation is 1. The van der Waals surface area contributed by atoms with Crippen molar-refractivity contribution in [1.29, 1.82) is 0 Å². The molecule has 0 spiro atoms. The number of benzene rings is 1. The van der Waals surface area contributed by atoms with Gasteiger partial charge in [0.05, 0.1) is 11.0 Å². The maximum Gasteiger partial charge on any atom is 0.122 e. The van der Waals surface area contributed by atoms with Crippen molar-refractivity contribution < 1.29 is 8.95 Å². The Morgan fingerprint density at radius 1 is 1.21 bits per heavy atom. The van der Waals surface area contributed by atoms with Crippen LogP contribution in [0.1, 0.15) is 5.56 Å². The predicted octanol–water partition coefficient (Wildman–Crippen LogP) is 1.28. The van der Waals surface area contributed by atoms with Crippen LogP contribution >= 0.6 is 0 Å². The molecule has 2 rings (SSSR count). The third-order valence-electron chi connectivity index (χ3n) is 3.45. The van der Waals surface area contributed by atoms with Gasteiger partial charge >= 0.3 is 0 Å². The monoisotopic (exact) mass is 282 g/mol. The molecular weight excluding hydrogens is 260 g/mol. The van der Waals surface area contributed by atoms with Gasteiger partial charge in [-0.05, 0) is 18.6 Å². The highest BCUT2D eigenvalue weighted by Crippen LogP contribution is 2.16. The Hall–Kier alpha value is -0.910. The smallest absolute Gasteiger partial charge is 0.122 e. The number of hydrogen-bond donors (Lipinski definition) is 0. The molecule has 0 aromatic heterocycles. The van der Waals surface area contributed by atoms with E-state index in [1.165, 1.54) is 5.56 Å². The van der Waals surface area contributed by atoms with Gasteiger partial charge in [-0.2, -0.15) is 0 Å². The van der Waals surface area contributed by atoms with E-state index in [9.17, 15) is 4.21 Å². The lowest BCUT2D eigenvalue weighted by Crippen LogP contribution is -2.47. The maximum atomic E-state index is 11.3. The number of piperazine rings is 1. The highest BCUT2D eigenvalue weighted by Gasteiger charge is 2.18. The predicted molar refractivity (Wildman–Crippen MR) is 78.8 cm³/mol. The van der Waals surface area contributed by atoms with Crippen LogP contribution in [0.25, 0.3) is 0 Å². The Morgan fingerprint density at radius 2 is 1.89 bits per heavy atom. The Bertz CT molecular complexity index is 431. The molecule has 0 N–H and O–H groups in total. The molecule has 0 radical (unpaired) electrons. The summed E-state index contributed by atoms with van der Waals surface area (Å²) >= 11 is 0. The van der Waals surface area contributed by atoms with E-state index < -0.39 is 11.0 Å². The van der Waals surface area contributed by atoms with E-state index in [1.807, 2.05) is 22.5 Å². The number of nitrogens with zero attached hydrogens (tertiary/aromatic N) is 2. The standard InChI is InChI=1S/C14H22N2O2S/c1-13-5-3-4-6-14(13)18-12-11-15-7-9-16(10-8-15)19(2)17/h3-6H,7-12H2,1-2H3. The van der Waals surface area contributed by atoms with Crippen molar-refractivity contribution in [2.24, 2.45) is 0 Å². The highest BCUT2D eigenvalue weighted by molar-refractivity contribution is 7.81. The van der Waals surface area contributed by atoms with Crippen LogP contribution < -0.4 is 4.74 Å². The fourth-order valence-corrected chi connectivity index (χ4v) is 2.89. The summed E-state index contributed by atoms with van der Waals surface area (Å²) in [4.78, 5) is 2.36. The molecule has 19 heavy (non-hydrogen) atoms. The molecule has 0 amide bonds. The van der Waals surface area contributed by atoms with E-state index in [4.69, 9.17) is 4.74 Å². The average molecular weight is 282 g/mol. The van der Waals surface area contributed by atoms with Crippen LogP contribution in [-0.4, -0.2) is 59.0 Å². The number of para-hydroxylation sites is 1. The van der Waals surface area contributed by atoms with Crippen molar-refractivity contribution in [2.45, 2.75) is 6.92 Å². The Labute approximate surface area is 117 Å². The maximum absolute atomic E-state index is 11.3. The first-order chi connectivity index (χ1) is 9.16. The summed E-state index contributed by atoms with van der Waals surface area (Å²) in [5.74, 6) is 0.968. The summed E-state index contributed by atoms with van der Waals surface area (Å²) in [5.41, 5.74) is 1.17. The fourth-order valence-electron chi connectivity index (χ4n) is 2.21. The van der Waals surface area contributed by atoms with Crippen LogP contribution in [0, 0.1) is 6.92 Å². The number of rotatable bonds is 5. The van der Waals surface area contributed by atoms with E-state index in [1.54, 1.807) is 6.26 Å². The summed E-state index contributed by atoms with van der Waals surface area (Å²) in [6, 6.07) is 8.09. The zero-order valence-electron chi connectivity index (χ0n) is 11.7. The minimum absolute atomic E-state index is 0.708. The molecule has 0 bridgehead atoms. The van der Waals surface area contributed by atoms with Crippen LogP contribution in [0.3, 0.4) is 0 Å². The van der Waals surface area contributed by atoms with Gasteiger partial charge < -0.3 is 4.74 Å². The van der Waals surface area contributed by atoms with Crippen LogP contribution in [-0.2, 0) is 11.0 Å². The first kappa shape index (κ1) is 14.5. The summed E-state index contributed by atoms with van der Waals surface area (Å²) < 4.78 is 19.1. The van der Waals surface area contributed by atoms with Gasteiger partial charge in [0.1, 0.15) is 12.4 Å². The Balaban J connectivity index is 1.70. The molecule has 1 unspecified atom stereocenters. The van der Waals surface area contributed by atoms with Crippen LogP contribution in [0.15, 0.2) is 24.3 Å². The summed E-state index contributed by atoms with van der Waals surface area (Å²) in [6.45, 7) is 7.40. The van der Waals surface area contributed by atoms with Gasteiger partial charge in [-0.15, -0.1) is 0 Å². The first-order valence-corrected chi connectivity index (χ1v) is 8.17. The molecule has 1 aromatic rings. The van der Waals surface area contributed by atoms with Crippen molar-refractivity contribution in [3.05, 3.63) is 29.8 Å². The average Bonchev–Trinajstić information content (AvgIpc) is 2.41. The van der Waals surface area contributed by atoms with Crippen molar-refractivity contribution in [2.75, 3.05) is 45.6 Å². The molecule has 1 saturated heterocycles. The lowest BCUT2D eigenvalue weighted by molar-refractivity contribution is 0.161. The zero-order chi connectivity index (χ0) is 13.7. The van der Waals surface area contributed by atoms with Crippen LogP contribution in [0.5, 0.6) is 5.75 Å². The highest BCUT2D eigenvalue weighted by atomic mass is 32.2. The van der Waals surface area contributed by atoms with E-state index >= 15 is 0 Å². The molecule has 1 fully saturated rings. The third-order valence-corrected chi connectivity index (χ3v) is 4.55. The molecule has 1 heterocycles. The van der Waals surface area contributed by atoms with Crippen molar-refractivity contribution >= 4 is 11.0 Å². The molecule has 1 aliphatic rings. The lowest BCUT2D eigenvalue weighted by atomic mass is 10.2. The minimum atomic E-state index is -0.830. The second kappa shape index (κ2) is 7.03. The van der Waals surface area contributed by atoms with E-state index in [2.05, 4.69) is 17.9 Å². The van der Waals surface area contributed by atoms with E-state index in [-0.39, 0.29) is 0 Å². The second-order valence-electron chi connectivity index (χ2n) is 4.81. The van der Waals surface area contributed by atoms with Gasteiger partial charge in [0.2, 0.25) is 0 Å². The lowest BCUT2D eigenvalue weighted by Gasteiger charge is -2.32. The van der Waals surface area contributed by atoms with Crippen LogP contribution in [0.2, 0.25) is 0 Å². The van der Waals surface area contributed by atoms with Gasteiger partial charge in [0.15, 0.2) is 0 Å². The molecule has 0 aliphatic carbocycles. The molecule has 1 aliphatic heterocycles. The summed E-state index contributed by atoms with van der Waals surface area (Å²) in [6.07, 6.45) is 1.75. The number of hydrogen-bond acceptors (Lipinski definition) is 3. The van der Waals surface area contributed by atoms with Gasteiger partial charge in [0.25, 0.3) is 0 Å². The van der Waals surface area contributed by atoms with E-state index in [0.29, 0.717) is 6.61 Å². The SMILES string of the molecule is Cc1ccccc1OCCN1CCN(S(C)=O)CC1. The van der Waals surface area contributed by atoms with Gasteiger partial charge in [-0.3, -0.25) is 4.90 Å². The fraction of sp³-hybridized carbons (Fsp3) is 0.571. The van der Waals surface area contributed by atoms with Crippen molar-refractivity contribution in [3.63, 3.8) is 0 Å². The third kappa shape index (κ3) is 4.30. The quantitative estimate of drug-likeness (QED) is 0.816. The Kier molecular flexibility index (Phi) is 5.36. The van der Waals surface area contributed by atoms with Crippen LogP contribution in [0.4, 0.5) is 0 Å². The zero-order valence-corrected chi connectivity index (χ0v) is 12.5. The summed E-state index contributed by atoms with van der Waals surface area (Å²) in [5, 5.41) is 0. The largest absolute Gasteiger partial charge is 0.492 e. The van der Waals surface area contributed by atoms with Gasteiger partial charge in [-0.1, -0.05) is 18.2 Å². The summed E-state index contributed by atoms with van der Waals surface area (Å²) in [7, 11) is -0.830. The molecule has 106 valence electrons. The normalized spacial score (nSPS) is 19.3. The molecule has 1 atom stereocenters. The van der Waals surface area contributed by atoms with Gasteiger partial charge in [0, 0.05) is 39.0 Å². The topological polar surface area (TPSA) is 32.8 Å². The molecule has 1 aromatic carbocycles. The molecular formula is C14H22N2O2S. The first-order valence-electron chi connectivity index (χ1n) is 6.66. The van der Waals surface area contributed by atoms with Crippen molar-refractivity contribution in [1.82, 2.24) is 9.21 Å². The molecule has 5 heteroatoms. The number of ether oxygens (including phenoxy) is 1. The van der Waals surface area contributed by atoms with E-state index in [0.717, 1.165) is 38.5 Å². The Morgan fingerprint density at radius 3 is 2.53 bits per heavy atom. The van der Waals surface area contributed by atoms with Crippen molar-refractivity contribution in [3.8, 4) is 5.75 Å². The second-order valence-corrected chi connectivity index (χ2v) is 6.17. The molecule has 4 nitrogen and oxygen atoms in total. The minimum Gasteiger partial charge on any atom is -0.492 e. The molecule has 0 saturated carbocycles. The van der Waals surface area contributed by atoms with Gasteiger partial charge in [-0.25, -0.2) is 8.51 Å².